The van der Waals surface area contributed by atoms with Crippen molar-refractivity contribution in [2.24, 2.45) is 0 Å². The van der Waals surface area contributed by atoms with Crippen LogP contribution in [0.4, 0.5) is 10.5 Å². The van der Waals surface area contributed by atoms with Gasteiger partial charge in [-0.3, -0.25) is 0 Å². The number of urea groups is 1. The van der Waals surface area contributed by atoms with Gasteiger partial charge in [0.1, 0.15) is 5.01 Å². The highest BCUT2D eigenvalue weighted by atomic mass is 35.5. The van der Waals surface area contributed by atoms with E-state index in [0.29, 0.717) is 10.7 Å². The molecule has 2 amide bonds. The van der Waals surface area contributed by atoms with Gasteiger partial charge in [0.05, 0.1) is 15.2 Å². The average Bonchev–Trinajstić information content (AvgIpc) is 3.23. The fourth-order valence-corrected chi connectivity index (χ4v) is 4.51. The smallest absolute Gasteiger partial charge is 0.319 e. The SMILES string of the molecule is O=C(Nc1ccc(-c2nc3ccccc3s2)c(Cl)c1)NC1CCCC1. The van der Waals surface area contributed by atoms with E-state index in [4.69, 9.17) is 11.6 Å². The third kappa shape index (κ3) is 3.62. The van der Waals surface area contributed by atoms with Crippen LogP contribution in [-0.2, 0) is 0 Å². The summed E-state index contributed by atoms with van der Waals surface area (Å²) in [6, 6.07) is 13.7. The van der Waals surface area contributed by atoms with Crippen molar-refractivity contribution in [2.75, 3.05) is 5.32 Å². The lowest BCUT2D eigenvalue weighted by Gasteiger charge is -2.13. The van der Waals surface area contributed by atoms with Crippen LogP contribution in [0.25, 0.3) is 20.8 Å². The fourth-order valence-electron chi connectivity index (χ4n) is 3.18. The molecule has 3 aromatic rings. The number of thiazole rings is 1. The molecule has 25 heavy (non-hydrogen) atoms. The molecule has 0 atom stereocenters. The highest BCUT2D eigenvalue weighted by molar-refractivity contribution is 7.21. The Hall–Kier alpha value is -2.11. The molecule has 1 aromatic heterocycles. The van der Waals surface area contributed by atoms with Crippen LogP contribution in [0, 0.1) is 0 Å². The normalized spacial score (nSPS) is 14.8. The molecule has 6 heteroatoms. The molecule has 0 spiro atoms. The maximum Gasteiger partial charge on any atom is 0.319 e. The summed E-state index contributed by atoms with van der Waals surface area (Å²) < 4.78 is 1.13. The third-order valence-electron chi connectivity index (χ3n) is 4.44. The van der Waals surface area contributed by atoms with Crippen LogP contribution < -0.4 is 10.6 Å². The Morgan fingerprint density at radius 1 is 1.16 bits per heavy atom. The van der Waals surface area contributed by atoms with E-state index in [1.54, 1.807) is 17.4 Å². The van der Waals surface area contributed by atoms with Gasteiger partial charge in [-0.05, 0) is 43.2 Å². The molecule has 0 bridgehead atoms. The molecule has 0 saturated heterocycles. The number of halogens is 1. The van der Waals surface area contributed by atoms with E-state index in [2.05, 4.69) is 15.6 Å². The number of nitrogens with zero attached hydrogens (tertiary/aromatic N) is 1. The molecule has 0 radical (unpaired) electrons. The van der Waals surface area contributed by atoms with Gasteiger partial charge in [-0.15, -0.1) is 11.3 Å². The van der Waals surface area contributed by atoms with Gasteiger partial charge < -0.3 is 10.6 Å². The number of fused-ring (bicyclic) bond motifs is 1. The Morgan fingerprint density at radius 3 is 2.72 bits per heavy atom. The summed E-state index contributed by atoms with van der Waals surface area (Å²) in [7, 11) is 0. The van der Waals surface area contributed by atoms with Gasteiger partial charge in [0.25, 0.3) is 0 Å². The molecular formula is C19H18ClN3OS. The molecule has 2 N–H and O–H groups in total. The summed E-state index contributed by atoms with van der Waals surface area (Å²) in [4.78, 5) is 16.7. The molecular weight excluding hydrogens is 354 g/mol. The molecule has 1 saturated carbocycles. The van der Waals surface area contributed by atoms with Gasteiger partial charge in [-0.1, -0.05) is 36.6 Å². The molecule has 1 heterocycles. The first-order chi connectivity index (χ1) is 12.2. The summed E-state index contributed by atoms with van der Waals surface area (Å²) in [5, 5.41) is 7.33. The Morgan fingerprint density at radius 2 is 1.96 bits per heavy atom. The number of hydrogen-bond acceptors (Lipinski definition) is 3. The minimum absolute atomic E-state index is 0.171. The number of hydrogen-bond donors (Lipinski definition) is 2. The van der Waals surface area contributed by atoms with Crippen LogP contribution in [0.3, 0.4) is 0 Å². The number of anilines is 1. The first kappa shape index (κ1) is 16.4. The number of benzene rings is 2. The van der Waals surface area contributed by atoms with Crippen LogP contribution in [-0.4, -0.2) is 17.1 Å². The van der Waals surface area contributed by atoms with Gasteiger partial charge in [0.15, 0.2) is 0 Å². The van der Waals surface area contributed by atoms with Crippen molar-refractivity contribution >= 4 is 44.9 Å². The van der Waals surface area contributed by atoms with Crippen LogP contribution in [0.5, 0.6) is 0 Å². The summed E-state index contributed by atoms with van der Waals surface area (Å²) in [6.07, 6.45) is 4.50. The zero-order valence-corrected chi connectivity index (χ0v) is 15.2. The standard InChI is InChI=1S/C19H18ClN3OS/c20-15-11-13(22-19(24)21-12-5-1-2-6-12)9-10-14(15)18-23-16-7-3-4-8-17(16)25-18/h3-4,7-12H,1-2,5-6H2,(H2,21,22,24). The lowest BCUT2D eigenvalue weighted by atomic mass is 10.2. The molecule has 0 unspecified atom stereocenters. The van der Waals surface area contributed by atoms with Gasteiger partial charge in [-0.25, -0.2) is 9.78 Å². The molecule has 1 aliphatic carbocycles. The first-order valence-corrected chi connectivity index (χ1v) is 9.61. The van der Waals surface area contributed by atoms with Crippen molar-refractivity contribution in [2.45, 2.75) is 31.7 Å². The number of amides is 2. The Bertz CT molecular complexity index is 885. The lowest BCUT2D eigenvalue weighted by Crippen LogP contribution is -2.36. The second-order valence-corrected chi connectivity index (χ2v) is 7.70. The van der Waals surface area contributed by atoms with Crippen LogP contribution in [0.2, 0.25) is 5.02 Å². The molecule has 4 nitrogen and oxygen atoms in total. The Balaban J connectivity index is 1.51. The molecule has 128 valence electrons. The van der Waals surface area contributed by atoms with E-state index in [1.165, 1.54) is 12.8 Å². The van der Waals surface area contributed by atoms with Crippen molar-refractivity contribution in [3.8, 4) is 10.6 Å². The quantitative estimate of drug-likeness (QED) is 0.622. The monoisotopic (exact) mass is 371 g/mol. The lowest BCUT2D eigenvalue weighted by molar-refractivity contribution is 0.248. The van der Waals surface area contributed by atoms with E-state index in [1.807, 2.05) is 36.4 Å². The first-order valence-electron chi connectivity index (χ1n) is 8.42. The van der Waals surface area contributed by atoms with Crippen molar-refractivity contribution < 1.29 is 4.79 Å². The number of rotatable bonds is 3. The van der Waals surface area contributed by atoms with Crippen molar-refractivity contribution in [1.82, 2.24) is 10.3 Å². The maximum atomic E-state index is 12.1. The van der Waals surface area contributed by atoms with Crippen LogP contribution in [0.15, 0.2) is 42.5 Å². The van der Waals surface area contributed by atoms with Gasteiger partial charge in [-0.2, -0.15) is 0 Å². The van der Waals surface area contributed by atoms with Crippen molar-refractivity contribution in [1.29, 1.82) is 0 Å². The van der Waals surface area contributed by atoms with Gasteiger partial charge in [0.2, 0.25) is 0 Å². The minimum Gasteiger partial charge on any atom is -0.335 e. The number of aromatic nitrogens is 1. The summed E-state index contributed by atoms with van der Waals surface area (Å²) in [6.45, 7) is 0. The highest BCUT2D eigenvalue weighted by Gasteiger charge is 2.17. The number of nitrogens with one attached hydrogen (secondary N) is 2. The molecule has 4 rings (SSSR count). The second kappa shape index (κ2) is 7.02. The molecule has 1 fully saturated rings. The third-order valence-corrected chi connectivity index (χ3v) is 5.82. The minimum atomic E-state index is -0.171. The number of carbonyl (C=O) groups excluding carboxylic acids is 1. The van der Waals surface area contributed by atoms with E-state index in [-0.39, 0.29) is 12.1 Å². The maximum absolute atomic E-state index is 12.1. The highest BCUT2D eigenvalue weighted by Crippen LogP contribution is 2.35. The largest absolute Gasteiger partial charge is 0.335 e. The van der Waals surface area contributed by atoms with Gasteiger partial charge in [0, 0.05) is 17.3 Å². The predicted molar refractivity (Wildman–Crippen MR) is 104 cm³/mol. The zero-order chi connectivity index (χ0) is 17.2. The Labute approximate surface area is 155 Å². The number of para-hydroxylation sites is 1. The molecule has 0 aliphatic heterocycles. The summed E-state index contributed by atoms with van der Waals surface area (Å²) in [5.74, 6) is 0. The van der Waals surface area contributed by atoms with E-state index < -0.39 is 0 Å². The fraction of sp³-hybridized carbons (Fsp3) is 0.263. The van der Waals surface area contributed by atoms with Crippen molar-refractivity contribution in [3.05, 3.63) is 47.5 Å². The van der Waals surface area contributed by atoms with Crippen LogP contribution >= 0.6 is 22.9 Å². The van der Waals surface area contributed by atoms with Crippen molar-refractivity contribution in [3.63, 3.8) is 0 Å². The van der Waals surface area contributed by atoms with Crippen LogP contribution in [0.1, 0.15) is 25.7 Å². The molecule has 1 aliphatic rings. The van der Waals surface area contributed by atoms with E-state index in [0.717, 1.165) is 33.6 Å². The second-order valence-electron chi connectivity index (χ2n) is 6.26. The average molecular weight is 372 g/mol. The zero-order valence-electron chi connectivity index (χ0n) is 13.6. The van der Waals surface area contributed by atoms with Gasteiger partial charge >= 0.3 is 6.03 Å². The topological polar surface area (TPSA) is 54.0 Å². The number of carbonyl (C=O) groups is 1. The summed E-state index contributed by atoms with van der Waals surface area (Å²) >= 11 is 8.05. The Kier molecular flexibility index (Phi) is 4.59. The molecule has 2 aromatic carbocycles. The van der Waals surface area contributed by atoms with E-state index in [9.17, 15) is 4.79 Å². The van der Waals surface area contributed by atoms with E-state index >= 15 is 0 Å². The predicted octanol–water partition coefficient (Wildman–Crippen LogP) is 5.68. The summed E-state index contributed by atoms with van der Waals surface area (Å²) in [5.41, 5.74) is 2.53.